The number of hydrogen-bond donors (Lipinski definition) is 1. The first-order chi connectivity index (χ1) is 19.0. The van der Waals surface area contributed by atoms with Crippen LogP contribution in [0.5, 0.6) is 5.75 Å². The summed E-state index contributed by atoms with van der Waals surface area (Å²) >= 11 is 5.95. The predicted molar refractivity (Wildman–Crippen MR) is 160 cm³/mol. The first-order valence-electron chi connectivity index (χ1n) is 14.5. The number of hydrogen-bond acceptors (Lipinski definition) is 4. The molecule has 1 heterocycles. The third-order valence-corrected chi connectivity index (χ3v) is 7.97. The Morgan fingerprint density at radius 1 is 0.949 bits per heavy atom. The Kier molecular flexibility index (Phi) is 11.4. The summed E-state index contributed by atoms with van der Waals surface area (Å²) in [4.78, 5) is 15.3. The van der Waals surface area contributed by atoms with E-state index in [2.05, 4.69) is 36.1 Å². The van der Waals surface area contributed by atoms with Crippen molar-refractivity contribution in [2.75, 3.05) is 19.7 Å². The molecule has 0 spiro atoms. The van der Waals surface area contributed by atoms with Gasteiger partial charge in [0.2, 0.25) is 0 Å². The van der Waals surface area contributed by atoms with Crippen molar-refractivity contribution in [3.05, 3.63) is 100 Å². The molecule has 5 heteroatoms. The summed E-state index contributed by atoms with van der Waals surface area (Å²) < 4.78 is 6.12. The Labute approximate surface area is 239 Å². The molecule has 0 bridgehead atoms. The standard InChI is InChI=1S/C34H42ClNO3/c1-2-3-4-5-6-13-33(37)29-10-7-9-27(22-29)24-36-20-18-26(19-21-36)25-39-32-12-8-11-30(23-32)34(38)28-14-16-31(35)17-15-28/h7-12,14-17,22-23,26,33,37H,2-6,13,18-21,24-25H2,1H3/t33-/m0/s1. The molecule has 4 nitrogen and oxygen atoms in total. The molecule has 0 saturated carbocycles. The maximum absolute atomic E-state index is 12.8. The maximum Gasteiger partial charge on any atom is 0.193 e. The fourth-order valence-electron chi connectivity index (χ4n) is 5.29. The molecule has 1 N–H and O–H groups in total. The lowest BCUT2D eigenvalue weighted by molar-refractivity contribution is 0.103. The van der Waals surface area contributed by atoms with Gasteiger partial charge in [-0.25, -0.2) is 0 Å². The summed E-state index contributed by atoms with van der Waals surface area (Å²) in [5.74, 6) is 1.20. The van der Waals surface area contributed by atoms with Crippen LogP contribution in [0.3, 0.4) is 0 Å². The van der Waals surface area contributed by atoms with Gasteiger partial charge in [0.05, 0.1) is 12.7 Å². The lowest BCUT2D eigenvalue weighted by Gasteiger charge is -2.32. The number of ketones is 1. The molecule has 1 aliphatic heterocycles. The highest BCUT2D eigenvalue weighted by molar-refractivity contribution is 6.30. The smallest absolute Gasteiger partial charge is 0.193 e. The van der Waals surface area contributed by atoms with Crippen LogP contribution in [0.25, 0.3) is 0 Å². The lowest BCUT2D eigenvalue weighted by Crippen LogP contribution is -2.35. The van der Waals surface area contributed by atoms with Crippen molar-refractivity contribution in [1.29, 1.82) is 0 Å². The van der Waals surface area contributed by atoms with Gasteiger partial charge < -0.3 is 9.84 Å². The zero-order valence-corrected chi connectivity index (χ0v) is 23.9. The quantitative estimate of drug-likeness (QED) is 0.163. The Morgan fingerprint density at radius 3 is 2.46 bits per heavy atom. The van der Waals surface area contributed by atoms with Gasteiger partial charge in [0.1, 0.15) is 5.75 Å². The van der Waals surface area contributed by atoms with Crippen LogP contribution in [0.4, 0.5) is 0 Å². The number of benzene rings is 3. The van der Waals surface area contributed by atoms with Gasteiger partial charge in [-0.1, -0.05) is 87.0 Å². The van der Waals surface area contributed by atoms with E-state index in [1.807, 2.05) is 24.3 Å². The summed E-state index contributed by atoms with van der Waals surface area (Å²) in [6, 6.07) is 22.9. The number of rotatable bonds is 14. The second-order valence-corrected chi connectivity index (χ2v) is 11.3. The van der Waals surface area contributed by atoms with Gasteiger partial charge in [0.15, 0.2) is 5.78 Å². The molecule has 0 aromatic heterocycles. The summed E-state index contributed by atoms with van der Waals surface area (Å²) in [5, 5.41) is 11.3. The van der Waals surface area contributed by atoms with Gasteiger partial charge in [-0.05, 0) is 85.8 Å². The SMILES string of the molecule is CCCCCCC[C@H](O)c1cccc(CN2CCC(COc3cccc(C(=O)c4ccc(Cl)cc4)c3)CC2)c1. The van der Waals surface area contributed by atoms with Crippen molar-refractivity contribution in [3.8, 4) is 5.75 Å². The fraction of sp³-hybridized carbons (Fsp3) is 0.441. The number of nitrogens with zero attached hydrogens (tertiary/aromatic N) is 1. The van der Waals surface area contributed by atoms with Crippen LogP contribution >= 0.6 is 11.6 Å². The number of aliphatic hydroxyl groups excluding tert-OH is 1. The summed E-state index contributed by atoms with van der Waals surface area (Å²) in [6.45, 7) is 5.87. The maximum atomic E-state index is 12.8. The zero-order chi connectivity index (χ0) is 27.5. The summed E-state index contributed by atoms with van der Waals surface area (Å²) in [5.41, 5.74) is 3.55. The van der Waals surface area contributed by atoms with E-state index in [0.717, 1.165) is 56.6 Å². The minimum atomic E-state index is -0.366. The molecule has 0 radical (unpaired) electrons. The fourth-order valence-corrected chi connectivity index (χ4v) is 5.41. The largest absolute Gasteiger partial charge is 0.493 e. The first-order valence-corrected chi connectivity index (χ1v) is 14.9. The van der Waals surface area contributed by atoms with Crippen LogP contribution in [-0.2, 0) is 6.54 Å². The summed E-state index contributed by atoms with van der Waals surface area (Å²) in [7, 11) is 0. The molecule has 208 valence electrons. The van der Waals surface area contributed by atoms with Gasteiger partial charge in [-0.15, -0.1) is 0 Å². The van der Waals surface area contributed by atoms with Gasteiger partial charge in [-0.3, -0.25) is 9.69 Å². The van der Waals surface area contributed by atoms with Gasteiger partial charge in [0, 0.05) is 22.7 Å². The topological polar surface area (TPSA) is 49.8 Å². The lowest BCUT2D eigenvalue weighted by atomic mass is 9.96. The molecule has 4 rings (SSSR count). The van der Waals surface area contributed by atoms with E-state index in [1.54, 1.807) is 24.3 Å². The Balaban J connectivity index is 1.21. The highest BCUT2D eigenvalue weighted by Crippen LogP contribution is 2.25. The van der Waals surface area contributed by atoms with Crippen molar-refractivity contribution < 1.29 is 14.6 Å². The molecule has 1 saturated heterocycles. The molecule has 3 aromatic rings. The highest BCUT2D eigenvalue weighted by Gasteiger charge is 2.20. The van der Waals surface area contributed by atoms with E-state index < -0.39 is 0 Å². The van der Waals surface area contributed by atoms with E-state index in [1.165, 1.54) is 31.2 Å². The molecule has 0 unspecified atom stereocenters. The van der Waals surface area contributed by atoms with E-state index >= 15 is 0 Å². The van der Waals surface area contributed by atoms with Crippen molar-refractivity contribution in [2.45, 2.75) is 70.9 Å². The van der Waals surface area contributed by atoms with Crippen LogP contribution < -0.4 is 4.74 Å². The number of aliphatic hydroxyl groups is 1. The van der Waals surface area contributed by atoms with Crippen LogP contribution in [0.1, 0.15) is 91.4 Å². The van der Waals surface area contributed by atoms with E-state index in [-0.39, 0.29) is 11.9 Å². The molecule has 1 aliphatic rings. The Hall–Kier alpha value is -2.66. The molecule has 39 heavy (non-hydrogen) atoms. The van der Waals surface area contributed by atoms with Crippen LogP contribution in [0, 0.1) is 5.92 Å². The number of likely N-dealkylation sites (tertiary alicyclic amines) is 1. The minimum absolute atomic E-state index is 0.0333. The Bertz CT molecular complexity index is 1170. The number of carbonyl (C=O) groups is 1. The summed E-state index contributed by atoms with van der Waals surface area (Å²) in [6.07, 6.45) is 8.74. The molecular weight excluding hydrogens is 506 g/mol. The second-order valence-electron chi connectivity index (χ2n) is 10.9. The molecule has 1 fully saturated rings. The van der Waals surface area contributed by atoms with Crippen molar-refractivity contribution >= 4 is 17.4 Å². The highest BCUT2D eigenvalue weighted by atomic mass is 35.5. The van der Waals surface area contributed by atoms with Crippen LogP contribution in [0.2, 0.25) is 5.02 Å². The van der Waals surface area contributed by atoms with Gasteiger partial charge in [0.25, 0.3) is 0 Å². The van der Waals surface area contributed by atoms with E-state index in [9.17, 15) is 9.90 Å². The second kappa shape index (κ2) is 15.2. The molecule has 3 aromatic carbocycles. The molecule has 0 aliphatic carbocycles. The monoisotopic (exact) mass is 547 g/mol. The average molecular weight is 548 g/mol. The predicted octanol–water partition coefficient (Wildman–Crippen LogP) is 8.26. The number of piperidine rings is 1. The Morgan fingerprint density at radius 2 is 1.69 bits per heavy atom. The third-order valence-electron chi connectivity index (χ3n) is 7.72. The van der Waals surface area contributed by atoms with Crippen LogP contribution in [-0.4, -0.2) is 35.5 Å². The van der Waals surface area contributed by atoms with E-state index in [0.29, 0.717) is 28.7 Å². The van der Waals surface area contributed by atoms with Gasteiger partial charge >= 0.3 is 0 Å². The number of carbonyl (C=O) groups excluding carboxylic acids is 1. The first kappa shape index (κ1) is 29.3. The van der Waals surface area contributed by atoms with E-state index in [4.69, 9.17) is 16.3 Å². The van der Waals surface area contributed by atoms with Crippen molar-refractivity contribution in [3.63, 3.8) is 0 Å². The average Bonchev–Trinajstić information content (AvgIpc) is 2.97. The molecule has 1 atom stereocenters. The zero-order valence-electron chi connectivity index (χ0n) is 23.2. The minimum Gasteiger partial charge on any atom is -0.493 e. The third kappa shape index (κ3) is 9.20. The van der Waals surface area contributed by atoms with Crippen molar-refractivity contribution in [1.82, 2.24) is 4.90 Å². The number of unbranched alkanes of at least 4 members (excludes halogenated alkanes) is 4. The van der Waals surface area contributed by atoms with Gasteiger partial charge in [-0.2, -0.15) is 0 Å². The van der Waals surface area contributed by atoms with Crippen molar-refractivity contribution in [2.24, 2.45) is 5.92 Å². The number of ether oxygens (including phenoxy) is 1. The van der Waals surface area contributed by atoms with Crippen LogP contribution in [0.15, 0.2) is 72.8 Å². The molecule has 0 amide bonds. The normalized spacial score (nSPS) is 15.3. The molecular formula is C34H42ClNO3. The number of halogens is 1.